The highest BCUT2D eigenvalue weighted by Gasteiger charge is 2.35. The lowest BCUT2D eigenvalue weighted by Gasteiger charge is -2.29. The Morgan fingerprint density at radius 1 is 1.21 bits per heavy atom. The summed E-state index contributed by atoms with van der Waals surface area (Å²) >= 11 is 0. The fourth-order valence-electron chi connectivity index (χ4n) is 3.81. The normalized spacial score (nSPS) is 22.1. The summed E-state index contributed by atoms with van der Waals surface area (Å²) in [6.45, 7) is 0. The van der Waals surface area contributed by atoms with Crippen molar-refractivity contribution in [3.63, 3.8) is 0 Å². The third-order valence-electron chi connectivity index (χ3n) is 5.58. The van der Waals surface area contributed by atoms with Crippen LogP contribution in [0.1, 0.15) is 25.0 Å². The number of nitrogens with one attached hydrogen (secondary N) is 3. The van der Waals surface area contributed by atoms with Gasteiger partial charge in [0.2, 0.25) is 5.88 Å². The van der Waals surface area contributed by atoms with Crippen LogP contribution in [0.5, 0.6) is 5.88 Å². The van der Waals surface area contributed by atoms with Gasteiger partial charge in [-0.2, -0.15) is 10.2 Å². The van der Waals surface area contributed by atoms with Gasteiger partial charge in [0, 0.05) is 23.7 Å². The number of rotatable bonds is 4. The number of imidazole rings is 1. The van der Waals surface area contributed by atoms with E-state index in [2.05, 4.69) is 25.5 Å². The Hall–Kier alpha value is -4.41. The lowest BCUT2D eigenvalue weighted by molar-refractivity contribution is 0.388. The summed E-state index contributed by atoms with van der Waals surface area (Å²) < 4.78 is 1.80. The van der Waals surface area contributed by atoms with E-state index in [0.29, 0.717) is 12.5 Å². The molecule has 1 saturated carbocycles. The van der Waals surface area contributed by atoms with Gasteiger partial charge < -0.3 is 15.4 Å². The Kier molecular flexibility index (Phi) is 4.45. The molecule has 6 rings (SSSR count). The Morgan fingerprint density at radius 2 is 2.06 bits per heavy atom. The molecule has 1 aliphatic carbocycles. The topological polar surface area (TPSA) is 139 Å². The van der Waals surface area contributed by atoms with Crippen LogP contribution in [0.3, 0.4) is 0 Å². The van der Waals surface area contributed by atoms with E-state index in [1.807, 2.05) is 36.5 Å². The second-order valence-corrected chi connectivity index (χ2v) is 8.10. The summed E-state index contributed by atoms with van der Waals surface area (Å²) in [5.74, 6) is 1.40. The first-order chi connectivity index (χ1) is 16.1. The van der Waals surface area contributed by atoms with E-state index in [4.69, 9.17) is 9.98 Å². The van der Waals surface area contributed by atoms with Crippen molar-refractivity contribution in [3.05, 3.63) is 64.5 Å². The first-order valence-electron chi connectivity index (χ1n) is 10.7. The van der Waals surface area contributed by atoms with E-state index in [-0.39, 0.29) is 11.6 Å². The van der Waals surface area contributed by atoms with E-state index < -0.39 is 11.9 Å². The van der Waals surface area contributed by atoms with Gasteiger partial charge in [0.1, 0.15) is 17.4 Å². The van der Waals surface area contributed by atoms with E-state index in [9.17, 15) is 9.90 Å². The summed E-state index contributed by atoms with van der Waals surface area (Å²) in [6, 6.07) is 10.1. The number of benzene rings is 1. The van der Waals surface area contributed by atoms with Gasteiger partial charge >= 0.3 is 5.69 Å². The van der Waals surface area contributed by atoms with Crippen molar-refractivity contribution in [1.82, 2.24) is 24.8 Å². The third-order valence-corrected chi connectivity index (χ3v) is 5.58. The number of fused-ring (bicyclic) bond motifs is 1. The molecule has 2 aliphatic heterocycles. The van der Waals surface area contributed by atoms with Crippen LogP contribution in [0.25, 0.3) is 11.8 Å². The van der Waals surface area contributed by atoms with Crippen LogP contribution >= 0.6 is 0 Å². The molecule has 11 nitrogen and oxygen atoms in total. The number of hydrogen-bond acceptors (Lipinski definition) is 7. The minimum atomic E-state index is -0.477. The zero-order valence-electron chi connectivity index (χ0n) is 17.5. The van der Waals surface area contributed by atoms with Crippen LogP contribution in [-0.2, 0) is 0 Å². The third kappa shape index (κ3) is 3.84. The van der Waals surface area contributed by atoms with E-state index in [0.717, 1.165) is 41.5 Å². The highest BCUT2D eigenvalue weighted by molar-refractivity contribution is 6.11. The van der Waals surface area contributed by atoms with E-state index >= 15 is 0 Å². The molecule has 0 spiro atoms. The lowest BCUT2D eigenvalue weighted by Crippen LogP contribution is -2.41. The molecule has 4 N–H and O–H groups in total. The van der Waals surface area contributed by atoms with Gasteiger partial charge in [0.15, 0.2) is 6.17 Å². The largest absolute Gasteiger partial charge is 0.493 e. The lowest BCUT2D eigenvalue weighted by atomic mass is 10.1. The Bertz CT molecular complexity index is 1360. The molecule has 11 heteroatoms. The summed E-state index contributed by atoms with van der Waals surface area (Å²) in [5.41, 5.74) is 2.41. The van der Waals surface area contributed by atoms with Crippen molar-refractivity contribution >= 4 is 29.6 Å². The van der Waals surface area contributed by atoms with Gasteiger partial charge in [-0.15, -0.1) is 0 Å². The second-order valence-electron chi connectivity index (χ2n) is 8.10. The van der Waals surface area contributed by atoms with Crippen molar-refractivity contribution in [3.8, 4) is 11.6 Å². The number of aromatic nitrogens is 4. The number of aromatic amines is 2. The molecule has 0 bridgehead atoms. The standard InChI is InChI=1S/C22H21N9O2/c32-21-17(27-22(33)29-21)10-13-12-24-31-19(26-15-2-3-15)11-18(28-20(13)31)25-14-4-6-16(7-5-14)30-9-1-8-23-30/h1,4-10,12,15,20,32H,2-3,11H2,(H,25,28)(H2,27,29,33)/b13-10-,26-19?. The molecule has 4 heterocycles. The Morgan fingerprint density at radius 3 is 2.76 bits per heavy atom. The summed E-state index contributed by atoms with van der Waals surface area (Å²) in [5, 5.41) is 23.9. The van der Waals surface area contributed by atoms with Crippen LogP contribution in [0.15, 0.2) is 68.2 Å². The molecule has 2 aromatic heterocycles. The minimum absolute atomic E-state index is 0.221. The maximum Gasteiger partial charge on any atom is 0.326 e. The minimum Gasteiger partial charge on any atom is -0.493 e. The molecule has 0 radical (unpaired) electrons. The predicted molar refractivity (Wildman–Crippen MR) is 125 cm³/mol. The van der Waals surface area contributed by atoms with Crippen molar-refractivity contribution in [1.29, 1.82) is 0 Å². The smallest absolute Gasteiger partial charge is 0.326 e. The van der Waals surface area contributed by atoms with Crippen LogP contribution in [0.4, 0.5) is 5.69 Å². The van der Waals surface area contributed by atoms with Gasteiger partial charge in [-0.1, -0.05) is 0 Å². The number of hydrogen-bond donors (Lipinski definition) is 4. The predicted octanol–water partition coefficient (Wildman–Crippen LogP) is 2.08. The highest BCUT2D eigenvalue weighted by atomic mass is 16.3. The van der Waals surface area contributed by atoms with Crippen molar-refractivity contribution < 1.29 is 5.11 Å². The number of amidine groups is 2. The van der Waals surface area contributed by atoms with Crippen LogP contribution in [-0.4, -0.2) is 60.0 Å². The summed E-state index contributed by atoms with van der Waals surface area (Å²) in [7, 11) is 0. The molecule has 1 unspecified atom stereocenters. The fourth-order valence-corrected chi connectivity index (χ4v) is 3.81. The van der Waals surface area contributed by atoms with Crippen molar-refractivity contribution in [2.75, 3.05) is 5.32 Å². The SMILES string of the molecule is O=c1[nH]c(O)c(/C=C2/C=NN3C(=NC4CC4)CC(Nc4ccc(-n5cccn5)cc4)=NC23)[nH]1. The van der Waals surface area contributed by atoms with E-state index in [1.165, 1.54) is 0 Å². The zero-order valence-corrected chi connectivity index (χ0v) is 17.5. The monoisotopic (exact) mass is 443 g/mol. The molecule has 166 valence electrons. The second kappa shape index (κ2) is 7.62. The van der Waals surface area contributed by atoms with Crippen molar-refractivity contribution in [2.24, 2.45) is 15.1 Å². The fraction of sp³-hybridized carbons (Fsp3) is 0.227. The van der Waals surface area contributed by atoms with Crippen LogP contribution in [0, 0.1) is 0 Å². The highest BCUT2D eigenvalue weighted by Crippen LogP contribution is 2.30. The molecule has 0 amide bonds. The van der Waals surface area contributed by atoms with Crippen LogP contribution in [0.2, 0.25) is 0 Å². The first kappa shape index (κ1) is 19.3. The molecular formula is C22H21N9O2. The summed E-state index contributed by atoms with van der Waals surface area (Å²) in [4.78, 5) is 26.1. The Balaban J connectivity index is 1.30. The van der Waals surface area contributed by atoms with Gasteiger partial charge in [-0.3, -0.25) is 9.98 Å². The van der Waals surface area contributed by atoms with Crippen LogP contribution < -0.4 is 11.0 Å². The Labute approximate surface area is 187 Å². The van der Waals surface area contributed by atoms with Crippen molar-refractivity contribution in [2.45, 2.75) is 31.5 Å². The van der Waals surface area contributed by atoms with E-state index in [1.54, 1.807) is 28.2 Å². The molecule has 1 fully saturated rings. The maximum absolute atomic E-state index is 11.5. The average Bonchev–Trinajstić information content (AvgIpc) is 3.17. The maximum atomic E-state index is 11.5. The molecule has 3 aromatic rings. The van der Waals surface area contributed by atoms with Gasteiger partial charge in [0.25, 0.3) is 0 Å². The summed E-state index contributed by atoms with van der Waals surface area (Å²) in [6.07, 6.45) is 9.26. The number of H-pyrrole nitrogens is 2. The molecule has 33 heavy (non-hydrogen) atoms. The van der Waals surface area contributed by atoms with Gasteiger partial charge in [-0.25, -0.2) is 19.5 Å². The number of hydrazone groups is 1. The number of anilines is 1. The number of nitrogens with zero attached hydrogens (tertiary/aromatic N) is 6. The molecule has 3 aliphatic rings. The quantitative estimate of drug-likeness (QED) is 0.489. The molecule has 1 aromatic carbocycles. The molecule has 1 atom stereocenters. The van der Waals surface area contributed by atoms with Gasteiger partial charge in [0.05, 0.1) is 24.4 Å². The number of aliphatic imine (C=N–C) groups is 2. The first-order valence-corrected chi connectivity index (χ1v) is 10.7. The molecular weight excluding hydrogens is 422 g/mol. The molecule has 0 saturated heterocycles. The number of aromatic hydroxyl groups is 1. The average molecular weight is 443 g/mol. The zero-order chi connectivity index (χ0) is 22.4. The van der Waals surface area contributed by atoms with Gasteiger partial charge in [-0.05, 0) is 49.2 Å².